The smallest absolute Gasteiger partial charge is 0.306 e. The zero-order valence-electron chi connectivity index (χ0n) is 34.4. The van der Waals surface area contributed by atoms with Crippen molar-refractivity contribution in [2.75, 3.05) is 39.6 Å². The van der Waals surface area contributed by atoms with E-state index in [9.17, 15) is 9.59 Å². The molecule has 0 aliphatic carbocycles. The van der Waals surface area contributed by atoms with Crippen LogP contribution < -0.4 is 9.47 Å². The Kier molecular flexibility index (Phi) is 22.1. The second-order valence-corrected chi connectivity index (χ2v) is 14.8. The average molecular weight is 751 g/mol. The van der Waals surface area contributed by atoms with Gasteiger partial charge in [-0.15, -0.1) is 0 Å². The molecule has 0 heterocycles. The zero-order valence-corrected chi connectivity index (χ0v) is 34.4. The molecule has 2 atom stereocenters. The van der Waals surface area contributed by atoms with Crippen LogP contribution in [0.1, 0.15) is 142 Å². The number of carbonyl (C=O) groups excluding carboxylic acids is 2. The monoisotopic (exact) mass is 751 g/mol. The lowest BCUT2D eigenvalue weighted by molar-refractivity contribution is -0.155. The summed E-state index contributed by atoms with van der Waals surface area (Å²) in [7, 11) is 0. The van der Waals surface area contributed by atoms with E-state index < -0.39 is 12.2 Å². The number of benzene rings is 3. The van der Waals surface area contributed by atoms with Gasteiger partial charge >= 0.3 is 11.9 Å². The molecule has 0 bridgehead atoms. The van der Waals surface area contributed by atoms with Gasteiger partial charge in [0.05, 0.1) is 13.2 Å². The van der Waals surface area contributed by atoms with E-state index >= 15 is 0 Å². The van der Waals surface area contributed by atoms with Gasteiger partial charge in [0.25, 0.3) is 0 Å². The summed E-state index contributed by atoms with van der Waals surface area (Å²) in [5, 5.41) is 3.58. The van der Waals surface area contributed by atoms with Gasteiger partial charge in [0, 0.05) is 47.6 Å². The molecule has 0 radical (unpaired) electrons. The van der Waals surface area contributed by atoms with Crippen LogP contribution in [-0.4, -0.2) is 63.8 Å². The minimum Gasteiger partial charge on any atom is -0.488 e. The van der Waals surface area contributed by atoms with Gasteiger partial charge in [0.1, 0.15) is 24.7 Å². The van der Waals surface area contributed by atoms with Crippen molar-refractivity contribution in [1.82, 2.24) is 0 Å². The fourth-order valence-electron chi connectivity index (χ4n) is 6.49. The molecular formula is C46H70O8. The van der Waals surface area contributed by atoms with Crippen molar-refractivity contribution < 1.29 is 38.0 Å². The lowest BCUT2D eigenvalue weighted by Gasteiger charge is -2.23. The van der Waals surface area contributed by atoms with Crippen molar-refractivity contribution in [2.24, 2.45) is 0 Å². The molecule has 0 saturated heterocycles. The molecule has 54 heavy (non-hydrogen) atoms. The van der Waals surface area contributed by atoms with Crippen molar-refractivity contribution in [3.05, 3.63) is 47.5 Å². The van der Waals surface area contributed by atoms with Gasteiger partial charge in [-0.1, -0.05) is 127 Å². The number of fused-ring (bicyclic) bond motifs is 2. The zero-order chi connectivity index (χ0) is 39.0. The lowest BCUT2D eigenvalue weighted by Crippen LogP contribution is -2.30. The van der Waals surface area contributed by atoms with Crippen LogP contribution in [0.3, 0.4) is 0 Å². The fraction of sp³-hybridized carbons (Fsp3) is 0.652. The summed E-state index contributed by atoms with van der Waals surface area (Å²) in [6, 6.07) is 12.5. The molecule has 3 rings (SSSR count). The van der Waals surface area contributed by atoms with Crippen LogP contribution >= 0.6 is 0 Å². The number of ether oxygens (including phenoxy) is 6. The SMILES string of the molecule is CCCCCCC(=O)OC(COCCCCC)COc1c2ccc(C)cc2c(OCC(COCCCCC)OC(=O)CCCCCC)c2ccc(C)cc12. The van der Waals surface area contributed by atoms with Gasteiger partial charge in [-0.3, -0.25) is 9.59 Å². The highest BCUT2D eigenvalue weighted by Crippen LogP contribution is 2.43. The highest BCUT2D eigenvalue weighted by molar-refractivity contribution is 6.11. The van der Waals surface area contributed by atoms with Crippen LogP contribution in [-0.2, 0) is 28.5 Å². The average Bonchev–Trinajstić information content (AvgIpc) is 3.15. The Morgan fingerprint density at radius 3 is 1.26 bits per heavy atom. The Labute approximate surface area is 325 Å². The molecular weight excluding hydrogens is 680 g/mol. The fourth-order valence-corrected chi connectivity index (χ4v) is 6.49. The molecule has 3 aromatic carbocycles. The second-order valence-electron chi connectivity index (χ2n) is 14.8. The summed E-state index contributed by atoms with van der Waals surface area (Å²) in [5.74, 6) is 0.986. The number of hydrogen-bond acceptors (Lipinski definition) is 8. The maximum atomic E-state index is 12.9. The molecule has 0 amide bonds. The predicted molar refractivity (Wildman–Crippen MR) is 220 cm³/mol. The first kappa shape index (κ1) is 45.0. The molecule has 2 unspecified atom stereocenters. The van der Waals surface area contributed by atoms with E-state index in [0.29, 0.717) is 37.6 Å². The van der Waals surface area contributed by atoms with Crippen LogP contribution in [0.5, 0.6) is 11.5 Å². The Bertz CT molecular complexity index is 1400. The van der Waals surface area contributed by atoms with Gasteiger partial charge in [-0.2, -0.15) is 0 Å². The topological polar surface area (TPSA) is 89.5 Å². The number of hydrogen-bond donors (Lipinski definition) is 0. The summed E-state index contributed by atoms with van der Waals surface area (Å²) >= 11 is 0. The van der Waals surface area contributed by atoms with Crippen LogP contribution in [0.15, 0.2) is 36.4 Å². The highest BCUT2D eigenvalue weighted by Gasteiger charge is 2.23. The van der Waals surface area contributed by atoms with Gasteiger partial charge in [-0.25, -0.2) is 0 Å². The van der Waals surface area contributed by atoms with Gasteiger partial charge < -0.3 is 28.4 Å². The maximum Gasteiger partial charge on any atom is 0.306 e. The van der Waals surface area contributed by atoms with Crippen molar-refractivity contribution in [1.29, 1.82) is 0 Å². The van der Waals surface area contributed by atoms with E-state index in [1.54, 1.807) is 0 Å². The predicted octanol–water partition coefficient (Wildman–Crippen LogP) is 11.5. The van der Waals surface area contributed by atoms with E-state index in [0.717, 1.165) is 123 Å². The van der Waals surface area contributed by atoms with Crippen molar-refractivity contribution in [2.45, 2.75) is 156 Å². The quantitative estimate of drug-likeness (QED) is 0.0378. The number of aryl methyl sites for hydroxylation is 2. The molecule has 0 aromatic heterocycles. The summed E-state index contributed by atoms with van der Waals surface area (Å²) in [4.78, 5) is 25.8. The van der Waals surface area contributed by atoms with Crippen LogP contribution in [0.2, 0.25) is 0 Å². The Morgan fingerprint density at radius 2 is 0.870 bits per heavy atom. The van der Waals surface area contributed by atoms with Crippen LogP contribution in [0, 0.1) is 13.8 Å². The standard InChI is InChI=1S/C46H70O8/c1-7-11-15-17-21-43(47)53-37(31-49-27-19-13-9-3)33-51-45-39-25-23-36(6)30-42(39)46(40-26-24-35(5)29-41(40)45)52-34-38(32-50-28-20-14-10-4)54-44(48)22-18-16-12-8-2/h23-26,29-30,37-38H,7-22,27-28,31-34H2,1-6H3. The summed E-state index contributed by atoms with van der Waals surface area (Å²) in [6.45, 7) is 14.9. The lowest BCUT2D eigenvalue weighted by atomic mass is 9.97. The minimum atomic E-state index is -0.545. The summed E-state index contributed by atoms with van der Waals surface area (Å²) in [6.07, 6.45) is 14.1. The van der Waals surface area contributed by atoms with E-state index in [-0.39, 0.29) is 38.4 Å². The summed E-state index contributed by atoms with van der Waals surface area (Å²) < 4.78 is 37.3. The van der Waals surface area contributed by atoms with Gasteiger partial charge in [-0.05, 0) is 51.7 Å². The van der Waals surface area contributed by atoms with E-state index in [1.807, 2.05) is 0 Å². The first-order chi connectivity index (χ1) is 26.3. The third kappa shape index (κ3) is 16.2. The molecule has 302 valence electrons. The first-order valence-corrected chi connectivity index (χ1v) is 21.1. The van der Waals surface area contributed by atoms with Crippen LogP contribution in [0.4, 0.5) is 0 Å². The number of esters is 2. The number of unbranched alkanes of at least 4 members (excludes halogenated alkanes) is 10. The molecule has 0 saturated carbocycles. The minimum absolute atomic E-state index is 0.159. The van der Waals surface area contributed by atoms with E-state index in [4.69, 9.17) is 28.4 Å². The normalized spacial score (nSPS) is 12.6. The molecule has 0 aliphatic heterocycles. The van der Waals surface area contributed by atoms with Gasteiger partial charge in [0.2, 0.25) is 0 Å². The highest BCUT2D eigenvalue weighted by atomic mass is 16.6. The van der Waals surface area contributed by atoms with Crippen molar-refractivity contribution in [3.8, 4) is 11.5 Å². The number of rotatable bonds is 30. The molecule has 0 fully saturated rings. The molecule has 3 aromatic rings. The third-order valence-electron chi connectivity index (χ3n) is 9.61. The Morgan fingerprint density at radius 1 is 0.481 bits per heavy atom. The van der Waals surface area contributed by atoms with E-state index in [1.165, 1.54) is 0 Å². The van der Waals surface area contributed by atoms with E-state index in [2.05, 4.69) is 77.9 Å². The first-order valence-electron chi connectivity index (χ1n) is 21.1. The third-order valence-corrected chi connectivity index (χ3v) is 9.61. The molecule has 0 N–H and O–H groups in total. The second kappa shape index (κ2) is 26.4. The Hall–Kier alpha value is -3.36. The molecule has 8 nitrogen and oxygen atoms in total. The van der Waals surface area contributed by atoms with Crippen molar-refractivity contribution >= 4 is 33.5 Å². The van der Waals surface area contributed by atoms with Crippen LogP contribution in [0.25, 0.3) is 21.5 Å². The molecule has 0 spiro atoms. The largest absolute Gasteiger partial charge is 0.488 e. The molecule has 0 aliphatic rings. The molecule has 8 heteroatoms. The summed E-state index contributed by atoms with van der Waals surface area (Å²) in [5.41, 5.74) is 2.16. The van der Waals surface area contributed by atoms with Crippen molar-refractivity contribution in [3.63, 3.8) is 0 Å². The maximum absolute atomic E-state index is 12.9. The van der Waals surface area contributed by atoms with Gasteiger partial charge in [0.15, 0.2) is 12.2 Å². The Balaban J connectivity index is 1.90. The number of carbonyl (C=O) groups is 2.